The minimum Gasteiger partial charge on any atom is -0.311 e. The molecular formula is C16H23F2N. The molecular weight excluding hydrogens is 244 g/mol. The summed E-state index contributed by atoms with van der Waals surface area (Å²) in [7, 11) is 0. The minimum absolute atomic E-state index is 0.0100. The second-order valence-corrected chi connectivity index (χ2v) is 5.68. The number of nitrogens with one attached hydrogen (secondary N) is 1. The first kappa shape index (κ1) is 14.4. The topological polar surface area (TPSA) is 12.0 Å². The lowest BCUT2D eigenvalue weighted by molar-refractivity contribution is 0.285. The molecule has 2 rings (SSSR count). The monoisotopic (exact) mass is 267 g/mol. The average Bonchev–Trinajstić information content (AvgIpc) is 2.59. The Hall–Kier alpha value is -0.960. The predicted molar refractivity (Wildman–Crippen MR) is 74.2 cm³/mol. The highest BCUT2D eigenvalue weighted by molar-refractivity contribution is 5.21. The molecule has 3 heteroatoms. The molecule has 1 aromatic rings. The molecule has 19 heavy (non-hydrogen) atoms. The molecule has 0 saturated carbocycles. The summed E-state index contributed by atoms with van der Waals surface area (Å²) in [5.41, 5.74) is 0.619. The maximum absolute atomic E-state index is 13.8. The highest BCUT2D eigenvalue weighted by Crippen LogP contribution is 2.29. The number of rotatable bonds is 4. The molecule has 1 fully saturated rings. The fourth-order valence-electron chi connectivity index (χ4n) is 3.17. The van der Waals surface area contributed by atoms with Crippen LogP contribution in [0.5, 0.6) is 0 Å². The van der Waals surface area contributed by atoms with Crippen molar-refractivity contribution in [3.63, 3.8) is 0 Å². The van der Waals surface area contributed by atoms with Crippen LogP contribution >= 0.6 is 0 Å². The van der Waals surface area contributed by atoms with E-state index in [9.17, 15) is 8.78 Å². The lowest BCUT2D eigenvalue weighted by atomic mass is 9.82. The minimum atomic E-state index is -0.500. The van der Waals surface area contributed by atoms with Gasteiger partial charge < -0.3 is 5.32 Å². The van der Waals surface area contributed by atoms with Crippen LogP contribution in [-0.2, 0) is 6.42 Å². The summed E-state index contributed by atoms with van der Waals surface area (Å²) in [6.45, 7) is 3.16. The van der Waals surface area contributed by atoms with E-state index < -0.39 is 11.6 Å². The summed E-state index contributed by atoms with van der Waals surface area (Å²) in [4.78, 5) is 0. The van der Waals surface area contributed by atoms with Crippen LogP contribution in [0, 0.1) is 11.6 Å². The van der Waals surface area contributed by atoms with Crippen molar-refractivity contribution in [1.29, 1.82) is 0 Å². The molecule has 0 bridgehead atoms. The maximum atomic E-state index is 13.8. The van der Waals surface area contributed by atoms with Gasteiger partial charge in [0.05, 0.1) is 0 Å². The molecule has 0 aliphatic carbocycles. The van der Waals surface area contributed by atoms with E-state index >= 15 is 0 Å². The van der Waals surface area contributed by atoms with E-state index in [0.29, 0.717) is 12.0 Å². The van der Waals surface area contributed by atoms with Crippen LogP contribution < -0.4 is 5.32 Å². The Morgan fingerprint density at radius 2 is 2.05 bits per heavy atom. The van der Waals surface area contributed by atoms with E-state index in [1.165, 1.54) is 25.3 Å². The van der Waals surface area contributed by atoms with E-state index in [1.54, 1.807) is 6.07 Å². The van der Waals surface area contributed by atoms with Gasteiger partial charge in [0.1, 0.15) is 11.6 Å². The van der Waals surface area contributed by atoms with Crippen molar-refractivity contribution in [2.24, 2.45) is 0 Å². The van der Waals surface area contributed by atoms with Crippen molar-refractivity contribution < 1.29 is 8.78 Å². The van der Waals surface area contributed by atoms with Gasteiger partial charge >= 0.3 is 0 Å². The lowest BCUT2D eigenvalue weighted by Crippen LogP contribution is -2.46. The summed E-state index contributed by atoms with van der Waals surface area (Å²) in [5.74, 6) is -0.916. The van der Waals surface area contributed by atoms with E-state index in [4.69, 9.17) is 0 Å². The van der Waals surface area contributed by atoms with Gasteiger partial charge in [-0.05, 0) is 43.9 Å². The fourth-order valence-corrected chi connectivity index (χ4v) is 3.17. The van der Waals surface area contributed by atoms with Gasteiger partial charge in [0.25, 0.3) is 0 Å². The molecule has 1 unspecified atom stereocenters. The van der Waals surface area contributed by atoms with Gasteiger partial charge in [0.2, 0.25) is 0 Å². The maximum Gasteiger partial charge on any atom is 0.129 e. The SMILES string of the molecule is CCCC1(Cc2ccc(F)cc2F)CCCCCN1. The number of hydrogen-bond acceptors (Lipinski definition) is 1. The smallest absolute Gasteiger partial charge is 0.129 e. The molecule has 1 saturated heterocycles. The Labute approximate surface area is 114 Å². The largest absolute Gasteiger partial charge is 0.311 e. The first-order valence-corrected chi connectivity index (χ1v) is 7.34. The van der Waals surface area contributed by atoms with Crippen LogP contribution in [0.2, 0.25) is 0 Å². The molecule has 1 heterocycles. The van der Waals surface area contributed by atoms with Crippen molar-refractivity contribution in [2.75, 3.05) is 6.54 Å². The quantitative estimate of drug-likeness (QED) is 0.861. The second-order valence-electron chi connectivity index (χ2n) is 5.68. The highest BCUT2D eigenvalue weighted by Gasteiger charge is 2.30. The third kappa shape index (κ3) is 3.75. The summed E-state index contributed by atoms with van der Waals surface area (Å²) < 4.78 is 26.8. The van der Waals surface area contributed by atoms with E-state index in [0.717, 1.165) is 31.9 Å². The van der Waals surface area contributed by atoms with E-state index in [-0.39, 0.29) is 5.54 Å². The molecule has 1 atom stereocenters. The van der Waals surface area contributed by atoms with Gasteiger partial charge in [0.15, 0.2) is 0 Å². The van der Waals surface area contributed by atoms with Crippen LogP contribution in [0.3, 0.4) is 0 Å². The standard InChI is InChI=1S/C16H23F2N/c1-2-8-16(9-4-3-5-10-19-16)12-13-6-7-14(17)11-15(13)18/h6-7,11,19H,2-5,8-10,12H2,1H3. The van der Waals surface area contributed by atoms with Crippen LogP contribution in [-0.4, -0.2) is 12.1 Å². The van der Waals surface area contributed by atoms with Gasteiger partial charge in [-0.2, -0.15) is 0 Å². The average molecular weight is 267 g/mol. The van der Waals surface area contributed by atoms with E-state index in [2.05, 4.69) is 12.2 Å². The second kappa shape index (κ2) is 6.47. The zero-order valence-electron chi connectivity index (χ0n) is 11.6. The number of hydrogen-bond donors (Lipinski definition) is 1. The zero-order valence-corrected chi connectivity index (χ0v) is 11.6. The molecule has 1 nitrogen and oxygen atoms in total. The molecule has 0 amide bonds. The molecule has 1 aliphatic rings. The van der Waals surface area contributed by atoms with Crippen molar-refractivity contribution in [3.8, 4) is 0 Å². The summed E-state index contributed by atoms with van der Waals surface area (Å²) >= 11 is 0. The van der Waals surface area contributed by atoms with Crippen LogP contribution in [0.1, 0.15) is 51.0 Å². The first-order chi connectivity index (χ1) is 9.15. The number of benzene rings is 1. The first-order valence-electron chi connectivity index (χ1n) is 7.34. The summed E-state index contributed by atoms with van der Waals surface area (Å²) in [5, 5.41) is 3.63. The van der Waals surface area contributed by atoms with Gasteiger partial charge in [-0.3, -0.25) is 0 Å². The van der Waals surface area contributed by atoms with Crippen LogP contribution in [0.15, 0.2) is 18.2 Å². The predicted octanol–water partition coefficient (Wildman–Crippen LogP) is 4.21. The fraction of sp³-hybridized carbons (Fsp3) is 0.625. The highest BCUT2D eigenvalue weighted by atomic mass is 19.1. The Kier molecular flexibility index (Phi) is 4.92. The summed E-state index contributed by atoms with van der Waals surface area (Å²) in [6, 6.07) is 3.94. The Balaban J connectivity index is 2.19. The Morgan fingerprint density at radius 1 is 1.21 bits per heavy atom. The molecule has 106 valence electrons. The third-order valence-corrected chi connectivity index (χ3v) is 4.10. The molecule has 1 N–H and O–H groups in total. The van der Waals surface area contributed by atoms with Gasteiger partial charge in [-0.1, -0.05) is 32.3 Å². The Morgan fingerprint density at radius 3 is 2.79 bits per heavy atom. The lowest BCUT2D eigenvalue weighted by Gasteiger charge is -2.34. The Bertz CT molecular complexity index is 409. The molecule has 0 radical (unpaired) electrons. The molecule has 1 aliphatic heterocycles. The van der Waals surface area contributed by atoms with Crippen LogP contribution in [0.4, 0.5) is 8.78 Å². The third-order valence-electron chi connectivity index (χ3n) is 4.10. The van der Waals surface area contributed by atoms with Crippen molar-refractivity contribution in [3.05, 3.63) is 35.4 Å². The molecule has 0 aromatic heterocycles. The summed E-state index contributed by atoms with van der Waals surface area (Å²) in [6.07, 6.45) is 7.49. The van der Waals surface area contributed by atoms with Gasteiger partial charge in [-0.15, -0.1) is 0 Å². The number of halogens is 2. The van der Waals surface area contributed by atoms with Crippen molar-refractivity contribution >= 4 is 0 Å². The van der Waals surface area contributed by atoms with Crippen molar-refractivity contribution in [1.82, 2.24) is 5.32 Å². The van der Waals surface area contributed by atoms with Crippen molar-refractivity contribution in [2.45, 2.75) is 57.4 Å². The van der Waals surface area contributed by atoms with Gasteiger partial charge in [-0.25, -0.2) is 8.78 Å². The molecule has 1 aromatic carbocycles. The van der Waals surface area contributed by atoms with E-state index in [1.807, 2.05) is 0 Å². The normalized spacial score (nSPS) is 24.2. The zero-order chi connectivity index (χ0) is 13.7. The van der Waals surface area contributed by atoms with Gasteiger partial charge in [0, 0.05) is 11.6 Å². The molecule has 0 spiro atoms. The van der Waals surface area contributed by atoms with Crippen LogP contribution in [0.25, 0.3) is 0 Å².